The molecule has 0 atom stereocenters. The highest BCUT2D eigenvalue weighted by Gasteiger charge is 2.06. The summed E-state index contributed by atoms with van der Waals surface area (Å²) in [5, 5.41) is 3.54. The highest BCUT2D eigenvalue weighted by molar-refractivity contribution is 5.83. The number of aromatic amines is 1. The fourth-order valence-electron chi connectivity index (χ4n) is 2.43. The lowest BCUT2D eigenvalue weighted by atomic mass is 10.1. The summed E-state index contributed by atoms with van der Waals surface area (Å²) < 4.78 is 18.4. The summed E-state index contributed by atoms with van der Waals surface area (Å²) in [5.41, 5.74) is 2.78. The fraction of sp³-hybridized carbons (Fsp3) is 0.167. The summed E-state index contributed by atoms with van der Waals surface area (Å²) in [4.78, 5) is 14.8. The van der Waals surface area contributed by atoms with E-state index in [1.54, 1.807) is 6.07 Å². The average Bonchev–Trinajstić information content (AvgIpc) is 2.96. The number of ether oxygens (including phenoxy) is 1. The third-order valence-corrected chi connectivity index (χ3v) is 3.61. The molecule has 5 heteroatoms. The molecule has 0 unspecified atom stereocenters. The molecule has 3 aromatic rings. The number of aromatic nitrogens is 1. The maximum Gasteiger partial charge on any atom is 0.407 e. The molecule has 0 aliphatic heterocycles. The Labute approximate surface area is 133 Å². The number of halogens is 1. The SMILES string of the molecule is O=C(NCCc1c[nH]c2ccc(F)cc12)OCc1ccccc1. The summed E-state index contributed by atoms with van der Waals surface area (Å²) in [6, 6.07) is 14.1. The van der Waals surface area contributed by atoms with Gasteiger partial charge in [0.1, 0.15) is 12.4 Å². The minimum absolute atomic E-state index is 0.241. The highest BCUT2D eigenvalue weighted by atomic mass is 19.1. The number of hydrogen-bond donors (Lipinski definition) is 2. The molecule has 1 heterocycles. The predicted octanol–water partition coefficient (Wildman–Crippen LogP) is 3.78. The van der Waals surface area contributed by atoms with Crippen molar-refractivity contribution in [3.05, 3.63) is 71.7 Å². The second-order valence-electron chi connectivity index (χ2n) is 5.24. The molecule has 2 aromatic carbocycles. The van der Waals surface area contributed by atoms with Crippen LogP contribution < -0.4 is 5.32 Å². The smallest absolute Gasteiger partial charge is 0.407 e. The van der Waals surface area contributed by atoms with E-state index < -0.39 is 6.09 Å². The van der Waals surface area contributed by atoms with E-state index in [-0.39, 0.29) is 12.4 Å². The maximum absolute atomic E-state index is 13.3. The molecule has 0 saturated heterocycles. The van der Waals surface area contributed by atoms with Crippen molar-refractivity contribution in [1.82, 2.24) is 10.3 Å². The minimum Gasteiger partial charge on any atom is -0.445 e. The standard InChI is InChI=1S/C18H17FN2O2/c19-15-6-7-17-16(10-15)14(11-21-17)8-9-20-18(22)23-12-13-4-2-1-3-5-13/h1-7,10-11,21H,8-9,12H2,(H,20,22). The number of alkyl carbamates (subject to hydrolysis) is 1. The topological polar surface area (TPSA) is 54.1 Å². The molecule has 0 aliphatic rings. The van der Waals surface area contributed by atoms with Gasteiger partial charge in [-0.3, -0.25) is 0 Å². The van der Waals surface area contributed by atoms with Crippen molar-refractivity contribution in [2.75, 3.05) is 6.54 Å². The Hall–Kier alpha value is -2.82. The van der Waals surface area contributed by atoms with Gasteiger partial charge in [0.05, 0.1) is 0 Å². The molecule has 0 fully saturated rings. The van der Waals surface area contributed by atoms with E-state index in [0.29, 0.717) is 13.0 Å². The van der Waals surface area contributed by atoms with Crippen LogP contribution in [0, 0.1) is 5.82 Å². The molecule has 0 spiro atoms. The van der Waals surface area contributed by atoms with Gasteiger partial charge in [-0.2, -0.15) is 0 Å². The summed E-state index contributed by atoms with van der Waals surface area (Å²) in [6.07, 6.45) is 1.98. The van der Waals surface area contributed by atoms with Gasteiger partial charge < -0.3 is 15.0 Å². The number of carbonyl (C=O) groups is 1. The van der Waals surface area contributed by atoms with E-state index >= 15 is 0 Å². The third kappa shape index (κ3) is 3.88. The van der Waals surface area contributed by atoms with E-state index in [4.69, 9.17) is 4.74 Å². The molecule has 1 amide bonds. The van der Waals surface area contributed by atoms with Crippen molar-refractivity contribution in [2.45, 2.75) is 13.0 Å². The zero-order valence-corrected chi connectivity index (χ0v) is 12.5. The first-order chi connectivity index (χ1) is 11.2. The second kappa shape index (κ2) is 6.96. The lowest BCUT2D eigenvalue weighted by molar-refractivity contribution is 0.140. The summed E-state index contributed by atoms with van der Waals surface area (Å²) in [7, 11) is 0. The monoisotopic (exact) mass is 312 g/mol. The Morgan fingerprint density at radius 3 is 2.83 bits per heavy atom. The molecule has 0 bridgehead atoms. The Balaban J connectivity index is 1.48. The summed E-state index contributed by atoms with van der Waals surface area (Å²) in [5.74, 6) is -0.270. The van der Waals surface area contributed by atoms with Gasteiger partial charge in [0, 0.05) is 23.6 Å². The fourth-order valence-corrected chi connectivity index (χ4v) is 2.43. The van der Waals surface area contributed by atoms with E-state index in [2.05, 4.69) is 10.3 Å². The van der Waals surface area contributed by atoms with Crippen LogP contribution in [0.4, 0.5) is 9.18 Å². The van der Waals surface area contributed by atoms with Crippen LogP contribution in [0.2, 0.25) is 0 Å². The Morgan fingerprint density at radius 1 is 1.17 bits per heavy atom. The summed E-state index contributed by atoms with van der Waals surface area (Å²) >= 11 is 0. The van der Waals surface area contributed by atoms with Crippen LogP contribution in [0.5, 0.6) is 0 Å². The second-order valence-corrected chi connectivity index (χ2v) is 5.24. The first-order valence-corrected chi connectivity index (χ1v) is 7.42. The first-order valence-electron chi connectivity index (χ1n) is 7.42. The third-order valence-electron chi connectivity index (χ3n) is 3.61. The van der Waals surface area contributed by atoms with E-state index in [0.717, 1.165) is 22.0 Å². The number of fused-ring (bicyclic) bond motifs is 1. The summed E-state index contributed by atoms with van der Waals surface area (Å²) in [6.45, 7) is 0.669. The van der Waals surface area contributed by atoms with Gasteiger partial charge >= 0.3 is 6.09 Å². The lowest BCUT2D eigenvalue weighted by Crippen LogP contribution is -2.26. The number of carbonyl (C=O) groups excluding carboxylic acids is 1. The van der Waals surface area contributed by atoms with Crippen molar-refractivity contribution in [3.63, 3.8) is 0 Å². The van der Waals surface area contributed by atoms with Crippen molar-refractivity contribution in [1.29, 1.82) is 0 Å². The molecular formula is C18H17FN2O2. The Bertz CT molecular complexity index is 799. The van der Waals surface area contributed by atoms with Crippen LogP contribution in [0.3, 0.4) is 0 Å². The van der Waals surface area contributed by atoms with Gasteiger partial charge in [-0.05, 0) is 35.7 Å². The van der Waals surface area contributed by atoms with Gasteiger partial charge in [0.2, 0.25) is 0 Å². The van der Waals surface area contributed by atoms with Crippen LogP contribution in [0.15, 0.2) is 54.7 Å². The molecule has 1 aromatic heterocycles. The van der Waals surface area contributed by atoms with Crippen LogP contribution in [-0.2, 0) is 17.8 Å². The van der Waals surface area contributed by atoms with E-state index in [1.165, 1.54) is 12.1 Å². The number of amides is 1. The molecule has 23 heavy (non-hydrogen) atoms. The molecule has 2 N–H and O–H groups in total. The number of H-pyrrole nitrogens is 1. The number of hydrogen-bond acceptors (Lipinski definition) is 2. The Morgan fingerprint density at radius 2 is 2.00 bits per heavy atom. The van der Waals surface area contributed by atoms with Gasteiger partial charge in [0.25, 0.3) is 0 Å². The average molecular weight is 312 g/mol. The van der Waals surface area contributed by atoms with Crippen LogP contribution >= 0.6 is 0 Å². The zero-order valence-electron chi connectivity index (χ0n) is 12.5. The zero-order chi connectivity index (χ0) is 16.1. The van der Waals surface area contributed by atoms with Gasteiger partial charge in [-0.25, -0.2) is 9.18 Å². The van der Waals surface area contributed by atoms with Gasteiger partial charge in [-0.1, -0.05) is 30.3 Å². The van der Waals surface area contributed by atoms with Crippen LogP contribution in [0.1, 0.15) is 11.1 Å². The highest BCUT2D eigenvalue weighted by Crippen LogP contribution is 2.19. The minimum atomic E-state index is -0.458. The van der Waals surface area contributed by atoms with Crippen molar-refractivity contribution < 1.29 is 13.9 Å². The van der Waals surface area contributed by atoms with Gasteiger partial charge in [-0.15, -0.1) is 0 Å². The van der Waals surface area contributed by atoms with Crippen molar-refractivity contribution in [3.8, 4) is 0 Å². The van der Waals surface area contributed by atoms with Crippen LogP contribution in [0.25, 0.3) is 10.9 Å². The number of nitrogens with one attached hydrogen (secondary N) is 2. The van der Waals surface area contributed by atoms with Gasteiger partial charge in [0.15, 0.2) is 0 Å². The number of benzene rings is 2. The maximum atomic E-state index is 13.3. The molecule has 0 aliphatic carbocycles. The Kier molecular flexibility index (Phi) is 4.57. The first kappa shape index (κ1) is 15.1. The number of rotatable bonds is 5. The molecule has 3 rings (SSSR count). The van der Waals surface area contributed by atoms with E-state index in [1.807, 2.05) is 36.5 Å². The van der Waals surface area contributed by atoms with E-state index in [9.17, 15) is 9.18 Å². The molecule has 4 nitrogen and oxygen atoms in total. The lowest BCUT2D eigenvalue weighted by Gasteiger charge is -2.07. The molecule has 118 valence electrons. The quantitative estimate of drug-likeness (QED) is 0.753. The van der Waals surface area contributed by atoms with Crippen molar-refractivity contribution in [2.24, 2.45) is 0 Å². The molecular weight excluding hydrogens is 295 g/mol. The largest absolute Gasteiger partial charge is 0.445 e. The predicted molar refractivity (Wildman–Crippen MR) is 86.6 cm³/mol. The molecule has 0 radical (unpaired) electrons. The normalized spacial score (nSPS) is 10.7. The van der Waals surface area contributed by atoms with Crippen LogP contribution in [-0.4, -0.2) is 17.6 Å². The van der Waals surface area contributed by atoms with Crippen molar-refractivity contribution >= 4 is 17.0 Å². The molecule has 0 saturated carbocycles.